The summed E-state index contributed by atoms with van der Waals surface area (Å²) in [5.41, 5.74) is 2.54. The molecule has 126 valence electrons. The Morgan fingerprint density at radius 2 is 1.80 bits per heavy atom. The van der Waals surface area contributed by atoms with E-state index in [0.29, 0.717) is 9.64 Å². The molecule has 25 heavy (non-hydrogen) atoms. The number of hydrogen-bond acceptors (Lipinski definition) is 4. The maximum Gasteiger partial charge on any atom is 0.260 e. The normalized spacial score (nSPS) is 11.5. The van der Waals surface area contributed by atoms with Crippen LogP contribution in [-0.2, 0) is 9.59 Å². The highest BCUT2D eigenvalue weighted by atomic mass is 32.1. The minimum atomic E-state index is -0.445. The molecule has 1 N–H and O–H groups in total. The highest BCUT2D eigenvalue weighted by Gasteiger charge is 2.17. The van der Waals surface area contributed by atoms with Crippen LogP contribution in [0.25, 0.3) is 16.4 Å². The van der Waals surface area contributed by atoms with E-state index < -0.39 is 5.91 Å². The number of nitrogens with zero attached hydrogens (tertiary/aromatic N) is 1. The number of carbonyl (C=O) groups is 2. The second-order valence-electron chi connectivity index (χ2n) is 5.57. The first-order valence-corrected chi connectivity index (χ1v) is 8.89. The molecule has 2 aromatic carbocycles. The van der Waals surface area contributed by atoms with Crippen LogP contribution in [0.1, 0.15) is 12.5 Å². The van der Waals surface area contributed by atoms with E-state index in [1.54, 1.807) is 10.6 Å². The number of ketones is 1. The molecule has 6 heteroatoms. The molecule has 0 aliphatic heterocycles. The largest absolute Gasteiger partial charge is 0.322 e. The van der Waals surface area contributed by atoms with Crippen molar-refractivity contribution < 1.29 is 9.59 Å². The lowest BCUT2D eigenvalue weighted by molar-refractivity contribution is -0.118. The van der Waals surface area contributed by atoms with Crippen LogP contribution in [0.3, 0.4) is 0 Å². The Morgan fingerprint density at radius 3 is 2.52 bits per heavy atom. The van der Waals surface area contributed by atoms with Gasteiger partial charge in [0, 0.05) is 11.9 Å². The van der Waals surface area contributed by atoms with Gasteiger partial charge in [-0.1, -0.05) is 30.3 Å². The highest BCUT2D eigenvalue weighted by Crippen LogP contribution is 2.24. The Morgan fingerprint density at radius 1 is 1.12 bits per heavy atom. The van der Waals surface area contributed by atoms with Crippen LogP contribution in [0.2, 0.25) is 0 Å². The van der Waals surface area contributed by atoms with Crippen molar-refractivity contribution in [2.24, 2.45) is 0 Å². The monoisotopic (exact) mass is 368 g/mol. The van der Waals surface area contributed by atoms with Gasteiger partial charge in [-0.15, -0.1) is 11.3 Å². The summed E-state index contributed by atoms with van der Waals surface area (Å²) in [5.74, 6) is -0.762. The standard InChI is InChI=1S/C19H16N2O2S2/c1-12-7-3-4-8-15(12)20-18(23)14(13(2)22)11-21-16-9-5-6-10-17(16)25-19(21)24/h3-11H,1-2H3,(H,20,23)/b14-11-. The van der Waals surface area contributed by atoms with E-state index in [9.17, 15) is 9.59 Å². The molecule has 1 amide bonds. The summed E-state index contributed by atoms with van der Waals surface area (Å²) in [6, 6.07) is 15.1. The van der Waals surface area contributed by atoms with Gasteiger partial charge in [-0.2, -0.15) is 0 Å². The third-order valence-electron chi connectivity index (χ3n) is 3.79. The summed E-state index contributed by atoms with van der Waals surface area (Å²) < 4.78 is 3.30. The number of aryl methyl sites for hydroxylation is 1. The van der Waals surface area contributed by atoms with Gasteiger partial charge in [0.15, 0.2) is 9.74 Å². The molecule has 0 aliphatic carbocycles. The Balaban J connectivity index is 2.03. The molecule has 3 aromatic rings. The van der Waals surface area contributed by atoms with Crippen molar-refractivity contribution in [1.82, 2.24) is 4.57 Å². The number of aromatic nitrogens is 1. The van der Waals surface area contributed by atoms with Crippen molar-refractivity contribution in [3.8, 4) is 0 Å². The SMILES string of the molecule is CC(=O)/C(=C/n1c(=S)sc2ccccc21)C(=O)Nc1ccccc1C. The summed E-state index contributed by atoms with van der Waals surface area (Å²) in [6.45, 7) is 3.27. The smallest absolute Gasteiger partial charge is 0.260 e. The van der Waals surface area contributed by atoms with Crippen molar-refractivity contribution in [2.75, 3.05) is 5.32 Å². The third-order valence-corrected chi connectivity index (χ3v) is 5.18. The molecule has 0 fully saturated rings. The van der Waals surface area contributed by atoms with Crippen molar-refractivity contribution in [1.29, 1.82) is 0 Å². The van der Waals surface area contributed by atoms with Gasteiger partial charge in [-0.05, 0) is 49.8 Å². The summed E-state index contributed by atoms with van der Waals surface area (Å²) >= 11 is 6.83. The fraction of sp³-hybridized carbons (Fsp3) is 0.105. The lowest BCUT2D eigenvalue weighted by Crippen LogP contribution is -2.20. The number of anilines is 1. The minimum absolute atomic E-state index is 0.0582. The fourth-order valence-electron chi connectivity index (χ4n) is 2.45. The fourth-order valence-corrected chi connectivity index (χ4v) is 3.72. The van der Waals surface area contributed by atoms with Crippen LogP contribution < -0.4 is 5.32 Å². The van der Waals surface area contributed by atoms with E-state index in [1.165, 1.54) is 24.5 Å². The molecule has 3 rings (SSSR count). The number of amides is 1. The lowest BCUT2D eigenvalue weighted by atomic mass is 10.1. The van der Waals surface area contributed by atoms with Crippen LogP contribution in [-0.4, -0.2) is 16.3 Å². The maximum absolute atomic E-state index is 12.6. The molecule has 0 saturated heterocycles. The molecule has 1 aromatic heterocycles. The molecule has 0 aliphatic rings. The number of hydrogen-bond donors (Lipinski definition) is 1. The van der Waals surface area contributed by atoms with Gasteiger partial charge in [-0.25, -0.2) is 0 Å². The number of carbonyl (C=O) groups excluding carboxylic acids is 2. The molecule has 1 heterocycles. The number of benzene rings is 2. The number of fused-ring (bicyclic) bond motifs is 1. The molecule has 0 unspecified atom stereocenters. The quantitative estimate of drug-likeness (QED) is 0.311. The zero-order valence-electron chi connectivity index (χ0n) is 13.8. The van der Waals surface area contributed by atoms with E-state index in [4.69, 9.17) is 12.2 Å². The van der Waals surface area contributed by atoms with E-state index in [0.717, 1.165) is 15.8 Å². The number of para-hydroxylation sites is 2. The summed E-state index contributed by atoms with van der Waals surface area (Å²) in [7, 11) is 0. The average molecular weight is 368 g/mol. The second kappa shape index (κ2) is 7.13. The third kappa shape index (κ3) is 3.60. The van der Waals surface area contributed by atoms with Gasteiger partial charge in [0.25, 0.3) is 5.91 Å². The van der Waals surface area contributed by atoms with Crippen molar-refractivity contribution in [2.45, 2.75) is 13.8 Å². The summed E-state index contributed by atoms with van der Waals surface area (Å²) in [4.78, 5) is 24.7. The first-order valence-electron chi connectivity index (χ1n) is 7.67. The molecule has 0 bridgehead atoms. The first-order chi connectivity index (χ1) is 12.0. The molecule has 4 nitrogen and oxygen atoms in total. The van der Waals surface area contributed by atoms with E-state index >= 15 is 0 Å². The van der Waals surface area contributed by atoms with Crippen LogP contribution in [0.4, 0.5) is 5.69 Å². The Bertz CT molecular complexity index is 1060. The predicted octanol–water partition coefficient (Wildman–Crippen LogP) is 4.81. The topological polar surface area (TPSA) is 51.1 Å². The highest BCUT2D eigenvalue weighted by molar-refractivity contribution is 7.73. The summed E-state index contributed by atoms with van der Waals surface area (Å²) in [5, 5.41) is 2.80. The predicted molar refractivity (Wildman–Crippen MR) is 105 cm³/mol. The Kier molecular flexibility index (Phi) is 4.92. The molecule has 0 saturated carbocycles. The van der Waals surface area contributed by atoms with Gasteiger partial charge in [0.1, 0.15) is 0 Å². The van der Waals surface area contributed by atoms with Crippen LogP contribution in [0.15, 0.2) is 54.1 Å². The van der Waals surface area contributed by atoms with Crippen LogP contribution in [0.5, 0.6) is 0 Å². The molecule has 0 atom stereocenters. The zero-order chi connectivity index (χ0) is 18.0. The minimum Gasteiger partial charge on any atom is -0.322 e. The number of thiazole rings is 1. The average Bonchev–Trinajstić information content (AvgIpc) is 2.89. The van der Waals surface area contributed by atoms with Crippen molar-refractivity contribution >= 4 is 57.3 Å². The molecule has 0 radical (unpaired) electrons. The maximum atomic E-state index is 12.6. The Labute approximate surface area is 154 Å². The zero-order valence-corrected chi connectivity index (χ0v) is 15.4. The van der Waals surface area contributed by atoms with E-state index in [2.05, 4.69) is 5.32 Å². The second-order valence-corrected chi connectivity index (χ2v) is 7.25. The first kappa shape index (κ1) is 17.3. The van der Waals surface area contributed by atoms with Crippen molar-refractivity contribution in [3.63, 3.8) is 0 Å². The van der Waals surface area contributed by atoms with Gasteiger partial charge in [0.05, 0.1) is 15.8 Å². The number of nitrogens with one attached hydrogen (secondary N) is 1. The van der Waals surface area contributed by atoms with Gasteiger partial charge < -0.3 is 5.32 Å². The van der Waals surface area contributed by atoms with E-state index in [-0.39, 0.29) is 11.4 Å². The number of rotatable bonds is 4. The molecular formula is C19H16N2O2S2. The van der Waals surface area contributed by atoms with E-state index in [1.807, 2.05) is 49.4 Å². The van der Waals surface area contributed by atoms with Crippen LogP contribution in [0, 0.1) is 10.9 Å². The molecule has 0 spiro atoms. The Hall–Kier alpha value is -2.57. The summed E-state index contributed by atoms with van der Waals surface area (Å²) in [6.07, 6.45) is 1.52. The van der Waals surface area contributed by atoms with Gasteiger partial charge in [-0.3, -0.25) is 14.2 Å². The van der Waals surface area contributed by atoms with Crippen molar-refractivity contribution in [3.05, 3.63) is 63.6 Å². The molecular weight excluding hydrogens is 352 g/mol. The van der Waals surface area contributed by atoms with Crippen LogP contribution >= 0.6 is 23.6 Å². The number of Topliss-reactive ketones (excluding diaryl/α,β-unsaturated/α-hetero) is 1. The lowest BCUT2D eigenvalue weighted by Gasteiger charge is -2.09. The van der Waals surface area contributed by atoms with Gasteiger partial charge >= 0.3 is 0 Å². The van der Waals surface area contributed by atoms with Gasteiger partial charge in [0.2, 0.25) is 0 Å².